The predicted molar refractivity (Wildman–Crippen MR) is 137 cm³/mol. The van der Waals surface area contributed by atoms with E-state index in [0.717, 1.165) is 48.0 Å². The van der Waals surface area contributed by atoms with Crippen molar-refractivity contribution >= 4 is 17.6 Å². The minimum atomic E-state index is 0.107. The topological polar surface area (TPSA) is 53.6 Å². The van der Waals surface area contributed by atoms with Crippen molar-refractivity contribution in [1.82, 2.24) is 15.0 Å². The van der Waals surface area contributed by atoms with Gasteiger partial charge in [0, 0.05) is 30.1 Å². The number of rotatable bonds is 13. The Hall–Kier alpha value is -2.27. The number of aryl methyl sites for hydroxylation is 1. The SMILES string of the molecule is CC(C)=CCCC(C)=CCCC(C)=CCSCC(Nc1ccc(C)cn1)c1ncc[nH]1. The Bertz CT molecular complexity index is 844. The molecule has 168 valence electrons. The number of hydrogen-bond acceptors (Lipinski definition) is 4. The normalized spacial score (nSPS) is 13.2. The Kier molecular flexibility index (Phi) is 11.2. The Balaban J connectivity index is 1.76. The van der Waals surface area contributed by atoms with Gasteiger partial charge in [0.1, 0.15) is 11.6 Å². The highest BCUT2D eigenvalue weighted by Gasteiger charge is 2.14. The predicted octanol–water partition coefficient (Wildman–Crippen LogP) is 7.42. The minimum Gasteiger partial charge on any atom is -0.359 e. The molecule has 0 saturated carbocycles. The van der Waals surface area contributed by atoms with Gasteiger partial charge in [-0.05, 0) is 71.9 Å². The summed E-state index contributed by atoms with van der Waals surface area (Å²) in [7, 11) is 0. The third kappa shape index (κ3) is 10.5. The molecule has 0 saturated heterocycles. The zero-order valence-corrected chi connectivity index (χ0v) is 20.6. The van der Waals surface area contributed by atoms with Gasteiger partial charge in [0.2, 0.25) is 0 Å². The molecule has 2 N–H and O–H groups in total. The summed E-state index contributed by atoms with van der Waals surface area (Å²) in [5.74, 6) is 3.77. The average molecular weight is 439 g/mol. The van der Waals surface area contributed by atoms with Gasteiger partial charge in [0.25, 0.3) is 0 Å². The molecule has 2 aromatic rings. The molecule has 5 heteroatoms. The van der Waals surface area contributed by atoms with E-state index in [1.165, 1.54) is 23.1 Å². The number of hydrogen-bond donors (Lipinski definition) is 2. The van der Waals surface area contributed by atoms with Crippen LogP contribution in [-0.4, -0.2) is 26.5 Å². The molecule has 2 rings (SSSR count). The van der Waals surface area contributed by atoms with E-state index in [1.807, 2.05) is 37.1 Å². The van der Waals surface area contributed by atoms with E-state index in [4.69, 9.17) is 0 Å². The third-order valence-electron chi connectivity index (χ3n) is 5.04. The molecular weight excluding hydrogens is 400 g/mol. The van der Waals surface area contributed by atoms with E-state index in [1.54, 1.807) is 6.20 Å². The van der Waals surface area contributed by atoms with Gasteiger partial charge in [-0.1, -0.05) is 41.0 Å². The Morgan fingerprint density at radius 2 is 1.77 bits per heavy atom. The van der Waals surface area contributed by atoms with Crippen LogP contribution >= 0.6 is 11.8 Å². The number of anilines is 1. The van der Waals surface area contributed by atoms with Crippen LogP contribution in [0.25, 0.3) is 0 Å². The highest BCUT2D eigenvalue weighted by atomic mass is 32.2. The molecule has 0 spiro atoms. The third-order valence-corrected chi connectivity index (χ3v) is 6.01. The average Bonchev–Trinajstić information content (AvgIpc) is 3.26. The molecule has 0 aromatic carbocycles. The van der Waals surface area contributed by atoms with Gasteiger partial charge in [-0.15, -0.1) is 0 Å². The first-order valence-corrected chi connectivity index (χ1v) is 12.3. The number of nitrogens with zero attached hydrogens (tertiary/aromatic N) is 2. The Morgan fingerprint density at radius 3 is 2.42 bits per heavy atom. The molecule has 0 bridgehead atoms. The van der Waals surface area contributed by atoms with E-state index >= 15 is 0 Å². The molecule has 0 amide bonds. The molecule has 0 aliphatic heterocycles. The van der Waals surface area contributed by atoms with Crippen LogP contribution in [-0.2, 0) is 0 Å². The quantitative estimate of drug-likeness (QED) is 0.252. The van der Waals surface area contributed by atoms with Crippen molar-refractivity contribution in [3.8, 4) is 0 Å². The Morgan fingerprint density at radius 1 is 1.03 bits per heavy atom. The number of imidazole rings is 1. The molecular formula is C26H38N4S. The van der Waals surface area contributed by atoms with Crippen molar-refractivity contribution < 1.29 is 0 Å². The minimum absolute atomic E-state index is 0.107. The van der Waals surface area contributed by atoms with Crippen molar-refractivity contribution in [3.05, 3.63) is 77.1 Å². The molecule has 2 aromatic heterocycles. The van der Waals surface area contributed by atoms with Gasteiger partial charge in [-0.2, -0.15) is 11.8 Å². The second-order valence-corrected chi connectivity index (χ2v) is 9.46. The van der Waals surface area contributed by atoms with Crippen molar-refractivity contribution in [1.29, 1.82) is 0 Å². The number of nitrogens with one attached hydrogen (secondary N) is 2. The van der Waals surface area contributed by atoms with Crippen molar-refractivity contribution in [2.24, 2.45) is 0 Å². The highest BCUT2D eigenvalue weighted by molar-refractivity contribution is 7.99. The van der Waals surface area contributed by atoms with Crippen LogP contribution < -0.4 is 5.32 Å². The summed E-state index contributed by atoms with van der Waals surface area (Å²) in [5.41, 5.74) is 5.53. The van der Waals surface area contributed by atoms with E-state index in [-0.39, 0.29) is 6.04 Å². The molecule has 0 aliphatic rings. The number of aromatic nitrogens is 3. The summed E-state index contributed by atoms with van der Waals surface area (Å²) < 4.78 is 0. The molecule has 1 atom stereocenters. The second kappa shape index (κ2) is 13.9. The summed E-state index contributed by atoms with van der Waals surface area (Å²) in [4.78, 5) is 12.2. The van der Waals surface area contributed by atoms with E-state index in [2.05, 4.69) is 72.3 Å². The number of thioether (sulfide) groups is 1. The largest absolute Gasteiger partial charge is 0.359 e. The van der Waals surface area contributed by atoms with Gasteiger partial charge in [0.05, 0.1) is 6.04 Å². The fourth-order valence-electron chi connectivity index (χ4n) is 3.11. The number of allylic oxidation sites excluding steroid dienone is 5. The van der Waals surface area contributed by atoms with Gasteiger partial charge in [0.15, 0.2) is 0 Å². The van der Waals surface area contributed by atoms with Crippen LogP contribution in [0.5, 0.6) is 0 Å². The molecule has 0 radical (unpaired) electrons. The highest BCUT2D eigenvalue weighted by Crippen LogP contribution is 2.21. The van der Waals surface area contributed by atoms with Crippen LogP contribution in [0.4, 0.5) is 5.82 Å². The first-order chi connectivity index (χ1) is 14.9. The zero-order valence-electron chi connectivity index (χ0n) is 19.7. The summed E-state index contributed by atoms with van der Waals surface area (Å²) >= 11 is 1.92. The first kappa shape index (κ1) is 25.0. The first-order valence-electron chi connectivity index (χ1n) is 11.1. The summed E-state index contributed by atoms with van der Waals surface area (Å²) in [6, 6.07) is 4.20. The molecule has 1 unspecified atom stereocenters. The molecule has 0 aliphatic carbocycles. The number of aromatic amines is 1. The number of H-pyrrole nitrogens is 1. The lowest BCUT2D eigenvalue weighted by Crippen LogP contribution is -2.16. The molecule has 4 nitrogen and oxygen atoms in total. The van der Waals surface area contributed by atoms with Gasteiger partial charge in [-0.3, -0.25) is 0 Å². The standard InChI is InChI=1S/C26H38N4S/c1-20(2)8-6-9-21(3)10-7-11-22(4)14-17-31-19-24(26-27-15-16-28-26)30-25-13-12-23(5)18-29-25/h8,10,12-16,18,24H,6-7,9,11,17,19H2,1-5H3,(H,27,28)(H,29,30). The Labute approximate surface area is 192 Å². The maximum atomic E-state index is 4.48. The van der Waals surface area contributed by atoms with Gasteiger partial charge < -0.3 is 10.3 Å². The van der Waals surface area contributed by atoms with Crippen molar-refractivity contribution in [3.63, 3.8) is 0 Å². The maximum Gasteiger partial charge on any atom is 0.129 e. The van der Waals surface area contributed by atoms with Gasteiger partial charge in [-0.25, -0.2) is 9.97 Å². The van der Waals surface area contributed by atoms with Gasteiger partial charge >= 0.3 is 0 Å². The van der Waals surface area contributed by atoms with E-state index in [0.29, 0.717) is 0 Å². The lowest BCUT2D eigenvalue weighted by atomic mass is 10.1. The molecule has 2 heterocycles. The van der Waals surface area contributed by atoms with Crippen LogP contribution in [0.1, 0.15) is 70.8 Å². The number of pyridine rings is 1. The van der Waals surface area contributed by atoms with Crippen LogP contribution in [0.3, 0.4) is 0 Å². The maximum absolute atomic E-state index is 4.48. The monoisotopic (exact) mass is 438 g/mol. The fourth-order valence-corrected chi connectivity index (χ4v) is 4.13. The van der Waals surface area contributed by atoms with Crippen molar-refractivity contribution in [2.45, 2.75) is 66.3 Å². The fraction of sp³-hybridized carbons (Fsp3) is 0.462. The second-order valence-electron chi connectivity index (χ2n) is 8.39. The lowest BCUT2D eigenvalue weighted by molar-refractivity contribution is 0.815. The van der Waals surface area contributed by atoms with Crippen LogP contribution in [0.2, 0.25) is 0 Å². The summed E-state index contributed by atoms with van der Waals surface area (Å²) in [5, 5.41) is 3.51. The van der Waals surface area contributed by atoms with E-state index < -0.39 is 0 Å². The zero-order chi connectivity index (χ0) is 22.5. The van der Waals surface area contributed by atoms with Crippen molar-refractivity contribution in [2.75, 3.05) is 16.8 Å². The summed E-state index contributed by atoms with van der Waals surface area (Å²) in [6.45, 7) is 10.9. The molecule has 0 fully saturated rings. The van der Waals surface area contributed by atoms with Crippen LogP contribution in [0.15, 0.2) is 65.7 Å². The smallest absolute Gasteiger partial charge is 0.129 e. The van der Waals surface area contributed by atoms with E-state index in [9.17, 15) is 0 Å². The molecule has 31 heavy (non-hydrogen) atoms. The summed E-state index contributed by atoms with van der Waals surface area (Å²) in [6.07, 6.45) is 17.2. The van der Waals surface area contributed by atoms with Crippen LogP contribution in [0, 0.1) is 6.92 Å². The lowest BCUT2D eigenvalue weighted by Gasteiger charge is -2.17.